The van der Waals surface area contributed by atoms with E-state index in [1.54, 1.807) is 37.3 Å². The minimum Gasteiger partial charge on any atom is -0.493 e. The summed E-state index contributed by atoms with van der Waals surface area (Å²) in [6.07, 6.45) is 3.89. The van der Waals surface area contributed by atoms with Crippen LogP contribution in [0.25, 0.3) is 5.69 Å². The van der Waals surface area contributed by atoms with Crippen molar-refractivity contribution in [1.82, 2.24) is 4.57 Å². The molecule has 7 nitrogen and oxygen atoms in total. The normalized spacial score (nSPS) is 13.0. The van der Waals surface area contributed by atoms with Crippen molar-refractivity contribution in [2.45, 2.75) is 32.6 Å². The second kappa shape index (κ2) is 7.94. The minimum atomic E-state index is -0.584. The molecule has 0 amide bonds. The van der Waals surface area contributed by atoms with E-state index in [0.29, 0.717) is 16.3 Å². The monoisotopic (exact) mass is 415 g/mol. The highest BCUT2D eigenvalue weighted by atomic mass is 32.1. The van der Waals surface area contributed by atoms with Gasteiger partial charge in [0, 0.05) is 10.4 Å². The van der Waals surface area contributed by atoms with Gasteiger partial charge in [-0.1, -0.05) is 18.2 Å². The van der Waals surface area contributed by atoms with E-state index in [1.807, 2.05) is 6.07 Å². The van der Waals surface area contributed by atoms with Crippen LogP contribution in [0.2, 0.25) is 0 Å². The predicted octanol–water partition coefficient (Wildman–Crippen LogP) is 4.95. The number of nitriles is 2. The van der Waals surface area contributed by atoms with Gasteiger partial charge in [0.15, 0.2) is 10.7 Å². The molecule has 1 aromatic carbocycles. The van der Waals surface area contributed by atoms with Crippen LogP contribution in [0.1, 0.15) is 40.0 Å². The Morgan fingerprint density at radius 1 is 1.07 bits per heavy atom. The zero-order valence-corrected chi connectivity index (χ0v) is 17.0. The summed E-state index contributed by atoms with van der Waals surface area (Å²) in [5, 5.41) is 38.5. The first-order valence-corrected chi connectivity index (χ1v) is 10.3. The molecule has 1 aliphatic rings. The maximum absolute atomic E-state index is 13.1. The van der Waals surface area contributed by atoms with E-state index in [2.05, 4.69) is 16.3 Å². The minimum absolute atomic E-state index is 0.0385. The molecule has 3 aromatic rings. The van der Waals surface area contributed by atoms with Gasteiger partial charge < -0.3 is 5.11 Å². The summed E-state index contributed by atoms with van der Waals surface area (Å²) in [7, 11) is 0. The number of benzene rings is 1. The molecule has 1 N–H and O–H groups in total. The van der Waals surface area contributed by atoms with Crippen molar-refractivity contribution in [3.05, 3.63) is 67.8 Å². The molecule has 0 aliphatic heterocycles. The van der Waals surface area contributed by atoms with Gasteiger partial charge in [-0.15, -0.1) is 21.6 Å². The van der Waals surface area contributed by atoms with Crippen LogP contribution in [0.3, 0.4) is 0 Å². The molecule has 8 heteroatoms. The van der Waals surface area contributed by atoms with Gasteiger partial charge in [0.05, 0.1) is 11.3 Å². The van der Waals surface area contributed by atoms with E-state index in [1.165, 1.54) is 11.3 Å². The number of para-hydroxylation sites is 1. The summed E-state index contributed by atoms with van der Waals surface area (Å²) >= 11 is 1.43. The lowest BCUT2D eigenvalue weighted by atomic mass is 9.96. The van der Waals surface area contributed by atoms with Gasteiger partial charge in [-0.05, 0) is 50.3 Å². The van der Waals surface area contributed by atoms with E-state index < -0.39 is 11.4 Å². The largest absolute Gasteiger partial charge is 0.493 e. The number of aryl methyl sites for hydroxylation is 1. The third kappa shape index (κ3) is 3.18. The number of thiophene rings is 1. The number of pyridine rings is 1. The van der Waals surface area contributed by atoms with Crippen molar-refractivity contribution >= 4 is 22.0 Å². The number of fused-ring (bicyclic) bond motifs is 1. The van der Waals surface area contributed by atoms with Gasteiger partial charge in [-0.25, -0.2) is 4.57 Å². The number of hydrogen-bond donors (Lipinski definition) is 1. The Labute approximate surface area is 176 Å². The molecule has 2 aromatic heterocycles. The van der Waals surface area contributed by atoms with E-state index in [4.69, 9.17) is 0 Å². The molecule has 0 unspecified atom stereocenters. The van der Waals surface area contributed by atoms with Crippen LogP contribution in [0.4, 0.5) is 10.7 Å². The standard InChI is InChI=1S/C22H17N5O2S/c1-13-16(11-23)21(28)27(14-7-3-2-4-8-14)22(29)19(13)25-26-20-17(12-24)15-9-5-6-10-18(15)30-20/h2-4,7-8,28H,5-6,9-10H2,1H3. The number of nitrogens with zero attached hydrogens (tertiary/aromatic N) is 5. The second-order valence-electron chi connectivity index (χ2n) is 6.96. The summed E-state index contributed by atoms with van der Waals surface area (Å²) in [5.74, 6) is -0.436. The second-order valence-corrected chi connectivity index (χ2v) is 8.05. The number of aromatic hydroxyl groups is 1. The lowest BCUT2D eigenvalue weighted by Gasteiger charge is -2.12. The van der Waals surface area contributed by atoms with E-state index in [0.717, 1.165) is 40.7 Å². The molecule has 0 saturated carbocycles. The quantitative estimate of drug-likeness (QED) is 0.609. The zero-order chi connectivity index (χ0) is 21.3. The lowest BCUT2D eigenvalue weighted by molar-refractivity contribution is 0.433. The summed E-state index contributed by atoms with van der Waals surface area (Å²) < 4.78 is 1.05. The predicted molar refractivity (Wildman–Crippen MR) is 113 cm³/mol. The number of hydrogen-bond acceptors (Lipinski definition) is 7. The third-order valence-corrected chi connectivity index (χ3v) is 6.38. The van der Waals surface area contributed by atoms with Crippen LogP contribution in [0.5, 0.6) is 5.88 Å². The van der Waals surface area contributed by atoms with E-state index in [9.17, 15) is 20.4 Å². The highest BCUT2D eigenvalue weighted by Gasteiger charge is 2.22. The van der Waals surface area contributed by atoms with Gasteiger partial charge in [0.2, 0.25) is 5.88 Å². The first kappa shape index (κ1) is 19.6. The molecule has 0 saturated heterocycles. The van der Waals surface area contributed by atoms with Gasteiger partial charge in [0.25, 0.3) is 5.56 Å². The highest BCUT2D eigenvalue weighted by molar-refractivity contribution is 7.16. The Bertz CT molecular complexity index is 1310. The average molecular weight is 415 g/mol. The van der Waals surface area contributed by atoms with E-state index in [-0.39, 0.29) is 16.8 Å². The third-order valence-electron chi connectivity index (χ3n) is 5.20. The molecule has 0 atom stereocenters. The number of azo groups is 1. The van der Waals surface area contributed by atoms with Crippen LogP contribution in [-0.4, -0.2) is 9.67 Å². The van der Waals surface area contributed by atoms with E-state index >= 15 is 0 Å². The highest BCUT2D eigenvalue weighted by Crippen LogP contribution is 2.40. The molecular formula is C22H17N5O2S. The smallest absolute Gasteiger partial charge is 0.286 e. The van der Waals surface area contributed by atoms with Crippen molar-refractivity contribution in [3.8, 4) is 23.7 Å². The van der Waals surface area contributed by atoms with Gasteiger partial charge >= 0.3 is 0 Å². The molecule has 4 rings (SSSR count). The van der Waals surface area contributed by atoms with Crippen LogP contribution in [0, 0.1) is 29.6 Å². The van der Waals surface area contributed by atoms with Crippen LogP contribution >= 0.6 is 11.3 Å². The van der Waals surface area contributed by atoms with Crippen LogP contribution in [-0.2, 0) is 12.8 Å². The summed E-state index contributed by atoms with van der Waals surface area (Å²) in [6, 6.07) is 12.7. The molecule has 0 spiro atoms. The van der Waals surface area contributed by atoms with Crippen molar-refractivity contribution in [2.24, 2.45) is 10.2 Å². The molecule has 1 aliphatic carbocycles. The van der Waals surface area contributed by atoms with Crippen LogP contribution in [0.15, 0.2) is 45.4 Å². The topological polar surface area (TPSA) is 115 Å². The molecule has 30 heavy (non-hydrogen) atoms. The number of rotatable bonds is 3. The molecule has 0 radical (unpaired) electrons. The zero-order valence-electron chi connectivity index (χ0n) is 16.2. The SMILES string of the molecule is Cc1c(C#N)c(O)n(-c2ccccc2)c(=O)c1N=Nc1sc2c(c1C#N)CCCC2. The van der Waals surface area contributed by atoms with Crippen LogP contribution < -0.4 is 5.56 Å². The molecule has 148 valence electrons. The lowest BCUT2D eigenvalue weighted by Crippen LogP contribution is -2.20. The van der Waals surface area contributed by atoms with Crippen molar-refractivity contribution in [2.75, 3.05) is 0 Å². The Balaban J connectivity index is 1.89. The average Bonchev–Trinajstić information content (AvgIpc) is 3.12. The first-order valence-electron chi connectivity index (χ1n) is 9.47. The Morgan fingerprint density at radius 2 is 1.77 bits per heavy atom. The number of aromatic nitrogens is 1. The molecule has 0 fully saturated rings. The molecule has 0 bridgehead atoms. The molecular weight excluding hydrogens is 398 g/mol. The Hall–Kier alpha value is -3.75. The van der Waals surface area contributed by atoms with Crippen molar-refractivity contribution < 1.29 is 5.11 Å². The summed E-state index contributed by atoms with van der Waals surface area (Å²) in [6.45, 7) is 1.55. The Morgan fingerprint density at radius 3 is 2.47 bits per heavy atom. The molecule has 2 heterocycles. The summed E-state index contributed by atoms with van der Waals surface area (Å²) in [5.41, 5.74) is 1.54. The fourth-order valence-electron chi connectivity index (χ4n) is 3.66. The fraction of sp³-hybridized carbons (Fsp3) is 0.227. The first-order chi connectivity index (χ1) is 14.6. The Kier molecular flexibility index (Phi) is 5.18. The maximum atomic E-state index is 13.1. The maximum Gasteiger partial charge on any atom is 0.286 e. The van der Waals surface area contributed by atoms with Gasteiger partial charge in [-0.3, -0.25) is 4.79 Å². The van der Waals surface area contributed by atoms with Crippen molar-refractivity contribution in [3.63, 3.8) is 0 Å². The summed E-state index contributed by atoms with van der Waals surface area (Å²) in [4.78, 5) is 14.3. The van der Waals surface area contributed by atoms with Gasteiger partial charge in [0.1, 0.15) is 17.7 Å². The van der Waals surface area contributed by atoms with Gasteiger partial charge in [-0.2, -0.15) is 10.5 Å². The van der Waals surface area contributed by atoms with Crippen molar-refractivity contribution in [1.29, 1.82) is 10.5 Å². The fourth-order valence-corrected chi connectivity index (χ4v) is 4.82.